The number of thiocarbonyl (C=S) groups is 1. The van der Waals surface area contributed by atoms with Gasteiger partial charge in [0.15, 0.2) is 5.11 Å². The third-order valence-electron chi connectivity index (χ3n) is 4.65. The Kier molecular flexibility index (Phi) is 4.69. The Balaban J connectivity index is 1.72. The molecule has 1 aliphatic heterocycles. The fraction of sp³-hybridized carbons (Fsp3) is 0.200. The van der Waals surface area contributed by atoms with Gasteiger partial charge >= 0.3 is 0 Å². The molecule has 2 N–H and O–H groups in total. The van der Waals surface area contributed by atoms with Crippen molar-refractivity contribution in [3.63, 3.8) is 0 Å². The van der Waals surface area contributed by atoms with Crippen LogP contribution < -0.4 is 5.32 Å². The van der Waals surface area contributed by atoms with Crippen molar-refractivity contribution in [3.05, 3.63) is 84.4 Å². The first-order valence-corrected chi connectivity index (χ1v) is 9.01. The summed E-state index contributed by atoms with van der Waals surface area (Å²) in [6.45, 7) is 0.531. The van der Waals surface area contributed by atoms with E-state index in [1.54, 1.807) is 6.20 Å². The highest BCUT2D eigenvalue weighted by atomic mass is 32.1. The smallest absolute Gasteiger partial charge is 0.170 e. The van der Waals surface area contributed by atoms with E-state index in [0.29, 0.717) is 11.7 Å². The number of β-amino-alcohol motifs (C(OH)–C–C–N with tert-alkyl or cyclic N) is 1. The van der Waals surface area contributed by atoms with Gasteiger partial charge in [0.05, 0.1) is 24.4 Å². The third-order valence-corrected chi connectivity index (χ3v) is 5.00. The summed E-state index contributed by atoms with van der Waals surface area (Å²) in [5, 5.41) is 13.5. The zero-order valence-electron chi connectivity index (χ0n) is 14.2. The van der Waals surface area contributed by atoms with E-state index in [9.17, 15) is 5.11 Å². The highest BCUT2D eigenvalue weighted by Crippen LogP contribution is 2.38. The number of rotatable bonds is 5. The molecule has 0 aliphatic carbocycles. The molecule has 1 fully saturated rings. The van der Waals surface area contributed by atoms with Crippen LogP contribution in [0.1, 0.15) is 23.3 Å². The van der Waals surface area contributed by atoms with Crippen LogP contribution >= 0.6 is 12.2 Å². The van der Waals surface area contributed by atoms with Crippen molar-refractivity contribution in [3.8, 4) is 5.69 Å². The molecule has 1 aliphatic rings. The van der Waals surface area contributed by atoms with Gasteiger partial charge in [-0.25, -0.2) is 0 Å². The lowest BCUT2D eigenvalue weighted by Crippen LogP contribution is -2.32. The quantitative estimate of drug-likeness (QED) is 0.682. The minimum atomic E-state index is -0.0538. The van der Waals surface area contributed by atoms with Crippen LogP contribution in [0.3, 0.4) is 0 Å². The van der Waals surface area contributed by atoms with Gasteiger partial charge < -0.3 is 19.9 Å². The second-order valence-electron chi connectivity index (χ2n) is 6.23. The molecule has 3 aromatic rings. The Morgan fingerprint density at radius 2 is 1.88 bits per heavy atom. The van der Waals surface area contributed by atoms with Gasteiger partial charge in [-0.3, -0.25) is 4.98 Å². The number of hydrogen-bond acceptors (Lipinski definition) is 3. The van der Waals surface area contributed by atoms with Crippen LogP contribution in [0.15, 0.2) is 73.2 Å². The summed E-state index contributed by atoms with van der Waals surface area (Å²) < 4.78 is 2.10. The van der Waals surface area contributed by atoms with E-state index in [1.165, 1.54) is 0 Å². The number of aliphatic hydroxyl groups excluding tert-OH is 1. The van der Waals surface area contributed by atoms with E-state index in [4.69, 9.17) is 12.2 Å². The Bertz CT molecular complexity index is 881. The van der Waals surface area contributed by atoms with Crippen molar-refractivity contribution < 1.29 is 5.11 Å². The molecule has 6 heteroatoms. The van der Waals surface area contributed by atoms with Gasteiger partial charge in [0.25, 0.3) is 0 Å². The molecular weight excluding hydrogens is 344 g/mol. The number of aliphatic hydroxyl groups is 1. The van der Waals surface area contributed by atoms with Crippen LogP contribution in [-0.2, 0) is 0 Å². The van der Waals surface area contributed by atoms with E-state index in [-0.39, 0.29) is 18.7 Å². The van der Waals surface area contributed by atoms with Gasteiger partial charge in [-0.1, -0.05) is 24.3 Å². The molecule has 0 bridgehead atoms. The van der Waals surface area contributed by atoms with Crippen LogP contribution in [0.25, 0.3) is 5.69 Å². The highest BCUT2D eigenvalue weighted by molar-refractivity contribution is 7.80. The maximum Gasteiger partial charge on any atom is 0.170 e. The molecule has 132 valence electrons. The van der Waals surface area contributed by atoms with Crippen molar-refractivity contribution in [1.29, 1.82) is 0 Å². The summed E-state index contributed by atoms with van der Waals surface area (Å²) in [5.41, 5.74) is 3.17. The lowest BCUT2D eigenvalue weighted by Gasteiger charge is -2.26. The van der Waals surface area contributed by atoms with Crippen LogP contribution in [-0.4, -0.2) is 37.8 Å². The lowest BCUT2D eigenvalue weighted by atomic mass is 9.99. The van der Waals surface area contributed by atoms with Crippen LogP contribution in [0, 0.1) is 0 Å². The monoisotopic (exact) mass is 364 g/mol. The number of benzene rings is 1. The minimum absolute atomic E-state index is 0.0190. The van der Waals surface area contributed by atoms with E-state index in [1.807, 2.05) is 41.3 Å². The van der Waals surface area contributed by atoms with Crippen LogP contribution in [0.2, 0.25) is 0 Å². The molecule has 1 aromatic carbocycles. The third kappa shape index (κ3) is 3.09. The molecule has 3 heterocycles. The maximum absolute atomic E-state index is 9.50. The topological polar surface area (TPSA) is 53.3 Å². The van der Waals surface area contributed by atoms with Crippen molar-refractivity contribution in [2.75, 3.05) is 13.2 Å². The Hall–Kier alpha value is -2.70. The van der Waals surface area contributed by atoms with Crippen LogP contribution in [0.4, 0.5) is 0 Å². The standard InChI is InChI=1S/C20H20N4OS/c25-13-12-24-19(18(22-20(24)26)17-8-4-5-10-21-17)15-9-11-23(14-15)16-6-2-1-3-7-16/h1-11,14,18-19,25H,12-13H2,(H,22,26)/t18-,19+/m1/s1. The molecule has 2 aromatic heterocycles. The molecule has 1 saturated heterocycles. The van der Waals surface area contributed by atoms with Crippen molar-refractivity contribution in [1.82, 2.24) is 19.8 Å². The van der Waals surface area contributed by atoms with E-state index >= 15 is 0 Å². The summed E-state index contributed by atoms with van der Waals surface area (Å²) in [5.74, 6) is 0. The Labute approximate surface area is 157 Å². The first kappa shape index (κ1) is 16.8. The Morgan fingerprint density at radius 1 is 1.08 bits per heavy atom. The molecule has 5 nitrogen and oxygen atoms in total. The number of aromatic nitrogens is 2. The molecule has 0 unspecified atom stereocenters. The number of pyridine rings is 1. The zero-order chi connectivity index (χ0) is 17.9. The van der Waals surface area contributed by atoms with Gasteiger partial charge in [-0.2, -0.15) is 0 Å². The second kappa shape index (κ2) is 7.27. The number of hydrogen-bond donors (Lipinski definition) is 2. The molecule has 0 saturated carbocycles. The summed E-state index contributed by atoms with van der Waals surface area (Å²) >= 11 is 5.53. The average molecular weight is 364 g/mol. The molecule has 26 heavy (non-hydrogen) atoms. The first-order chi connectivity index (χ1) is 12.8. The lowest BCUT2D eigenvalue weighted by molar-refractivity contribution is 0.223. The molecule has 4 rings (SSSR count). The number of para-hydroxylation sites is 1. The SMILES string of the molecule is OCCN1C(=S)N[C@H](c2ccccn2)[C@@H]1c1ccn(-c2ccccc2)c1. The van der Waals surface area contributed by atoms with Crippen molar-refractivity contribution in [2.24, 2.45) is 0 Å². The second-order valence-corrected chi connectivity index (χ2v) is 6.62. The summed E-state index contributed by atoms with van der Waals surface area (Å²) in [7, 11) is 0. The van der Waals surface area contributed by atoms with Crippen LogP contribution in [0.5, 0.6) is 0 Å². The maximum atomic E-state index is 9.50. The Morgan fingerprint density at radius 3 is 2.62 bits per heavy atom. The molecule has 2 atom stereocenters. The highest BCUT2D eigenvalue weighted by Gasteiger charge is 2.39. The zero-order valence-corrected chi connectivity index (χ0v) is 15.0. The molecule has 0 amide bonds. The van der Waals surface area contributed by atoms with Gasteiger partial charge in [0, 0.05) is 30.8 Å². The predicted molar refractivity (Wildman–Crippen MR) is 105 cm³/mol. The number of nitrogens with one attached hydrogen (secondary N) is 1. The largest absolute Gasteiger partial charge is 0.395 e. The van der Waals surface area contributed by atoms with Crippen molar-refractivity contribution >= 4 is 17.3 Å². The van der Waals surface area contributed by atoms with Gasteiger partial charge in [-0.05, 0) is 48.1 Å². The average Bonchev–Trinajstić information content (AvgIpc) is 3.29. The molecular formula is C20H20N4OS. The number of nitrogens with zero attached hydrogens (tertiary/aromatic N) is 3. The predicted octanol–water partition coefficient (Wildman–Crippen LogP) is 2.84. The summed E-state index contributed by atoms with van der Waals surface area (Å²) in [6.07, 6.45) is 5.97. The van der Waals surface area contributed by atoms with Crippen molar-refractivity contribution in [2.45, 2.75) is 12.1 Å². The van der Waals surface area contributed by atoms with Gasteiger partial charge in [0.1, 0.15) is 0 Å². The fourth-order valence-electron chi connectivity index (χ4n) is 3.47. The first-order valence-electron chi connectivity index (χ1n) is 8.60. The fourth-order valence-corrected chi connectivity index (χ4v) is 3.80. The van der Waals surface area contributed by atoms with E-state index in [2.05, 4.69) is 45.5 Å². The van der Waals surface area contributed by atoms with Gasteiger partial charge in [0.2, 0.25) is 0 Å². The molecule has 0 radical (unpaired) electrons. The minimum Gasteiger partial charge on any atom is -0.395 e. The van der Waals surface area contributed by atoms with Gasteiger partial charge in [-0.15, -0.1) is 0 Å². The molecule has 0 spiro atoms. The van der Waals surface area contributed by atoms with E-state index in [0.717, 1.165) is 16.9 Å². The summed E-state index contributed by atoms with van der Waals surface area (Å²) in [4.78, 5) is 6.55. The summed E-state index contributed by atoms with van der Waals surface area (Å²) in [6, 6.07) is 18.1. The normalized spacial score (nSPS) is 19.6. The van der Waals surface area contributed by atoms with E-state index < -0.39 is 0 Å².